The van der Waals surface area contributed by atoms with Crippen LogP contribution < -0.4 is 25.0 Å². The van der Waals surface area contributed by atoms with Crippen molar-refractivity contribution in [2.75, 3.05) is 77.2 Å². The number of likely N-dealkylation sites (tertiary alicyclic amines) is 1. The number of methoxy groups -OCH3 is 3. The summed E-state index contributed by atoms with van der Waals surface area (Å²) in [6.07, 6.45) is 7.17. The van der Waals surface area contributed by atoms with E-state index in [0.717, 1.165) is 48.5 Å². The van der Waals surface area contributed by atoms with Crippen LogP contribution in [0.5, 0.6) is 11.5 Å². The summed E-state index contributed by atoms with van der Waals surface area (Å²) in [5, 5.41) is 11.6. The predicted octanol–water partition coefficient (Wildman–Crippen LogP) is 4.50. The van der Waals surface area contributed by atoms with Crippen LogP contribution in [0.4, 0.5) is 23.0 Å². The molecule has 0 aliphatic carbocycles. The van der Waals surface area contributed by atoms with Gasteiger partial charge in [-0.15, -0.1) is 0 Å². The van der Waals surface area contributed by atoms with Crippen LogP contribution in [0.15, 0.2) is 61.4 Å². The number of rotatable bonds is 11. The van der Waals surface area contributed by atoms with Gasteiger partial charge in [0.25, 0.3) is 0 Å². The first kappa shape index (κ1) is 31.3. The molecule has 0 spiro atoms. The minimum absolute atomic E-state index is 0.300. The molecule has 0 bridgehead atoms. The van der Waals surface area contributed by atoms with E-state index >= 15 is 0 Å². The lowest BCUT2D eigenvalue weighted by atomic mass is 10.2. The quantitative estimate of drug-likeness (QED) is 0.243. The van der Waals surface area contributed by atoms with Crippen LogP contribution in [0.1, 0.15) is 12.8 Å². The van der Waals surface area contributed by atoms with Crippen molar-refractivity contribution in [3.63, 3.8) is 0 Å². The highest BCUT2D eigenvalue weighted by Crippen LogP contribution is 2.38. The lowest BCUT2D eigenvalue weighted by Crippen LogP contribution is -2.32. The predicted molar refractivity (Wildman–Crippen MR) is 170 cm³/mol. The summed E-state index contributed by atoms with van der Waals surface area (Å²) in [4.78, 5) is 26.0. The number of anilines is 4. The van der Waals surface area contributed by atoms with Crippen LogP contribution in [-0.4, -0.2) is 92.2 Å². The number of ether oxygens (including phenoxy) is 3. The van der Waals surface area contributed by atoms with Gasteiger partial charge in [-0.05, 0) is 56.3 Å². The van der Waals surface area contributed by atoms with Crippen LogP contribution in [0.25, 0.3) is 16.7 Å². The Bertz CT molecular complexity index is 1530. The van der Waals surface area contributed by atoms with E-state index in [-0.39, 0.29) is 5.91 Å². The Balaban J connectivity index is 0.00000135. The van der Waals surface area contributed by atoms with Crippen LogP contribution in [0, 0.1) is 0 Å². The number of hydrogen-bond donors (Lipinski definition) is 2. The molecule has 0 atom stereocenters. The second kappa shape index (κ2) is 15.0. The first-order valence-electron chi connectivity index (χ1n) is 14.0. The Morgan fingerprint density at radius 2 is 1.84 bits per heavy atom. The number of amides is 1. The van der Waals surface area contributed by atoms with Crippen molar-refractivity contribution in [2.24, 2.45) is 0 Å². The number of carbonyl (C=O) groups is 1. The highest BCUT2D eigenvalue weighted by atomic mass is 16.5. The first-order chi connectivity index (χ1) is 20.9. The lowest BCUT2D eigenvalue weighted by Gasteiger charge is -2.26. The summed E-state index contributed by atoms with van der Waals surface area (Å²) >= 11 is 0. The normalized spacial score (nSPS) is 12.8. The second-order valence-electron chi connectivity index (χ2n) is 9.99. The second-order valence-corrected chi connectivity index (χ2v) is 9.99. The summed E-state index contributed by atoms with van der Waals surface area (Å²) in [5.74, 6) is 1.99. The van der Waals surface area contributed by atoms with Crippen LogP contribution in [0.3, 0.4) is 0 Å². The molecule has 12 nitrogen and oxygen atoms in total. The SMILES string of the molecule is C=CC(=O)Nc1cc(Nc2nccc(-n3ncc4cc(OC)ccc43)n2)c(OC)cc1N(C)CCN1CCCC1.COC. The Morgan fingerprint density at radius 1 is 1.07 bits per heavy atom. The lowest BCUT2D eigenvalue weighted by molar-refractivity contribution is -0.111. The highest BCUT2D eigenvalue weighted by Gasteiger charge is 2.18. The van der Waals surface area contributed by atoms with Crippen molar-refractivity contribution < 1.29 is 19.0 Å². The van der Waals surface area contributed by atoms with Gasteiger partial charge in [0.05, 0.1) is 43.0 Å². The summed E-state index contributed by atoms with van der Waals surface area (Å²) < 4.78 is 17.1. The Morgan fingerprint density at radius 3 is 2.53 bits per heavy atom. The topological polar surface area (TPSA) is 119 Å². The molecule has 4 aromatic rings. The molecule has 2 aromatic carbocycles. The fraction of sp³-hybridized carbons (Fsp3) is 0.355. The standard InChI is InChI=1S/C29H34N8O3.C2H6O/c1-5-28(38)32-22-17-23(26(40-4)18-25(22)35(2)14-15-36-12-6-7-13-36)33-29-30-11-10-27(34-29)37-24-9-8-21(39-3)16-20(24)19-31-37;1-3-2/h5,8-11,16-19H,1,6-7,12-15H2,2-4H3,(H,32,38)(H,30,33,34);1-2H3. The summed E-state index contributed by atoms with van der Waals surface area (Å²) in [7, 11) is 8.51. The minimum Gasteiger partial charge on any atom is -0.497 e. The third-order valence-corrected chi connectivity index (χ3v) is 7.00. The van der Waals surface area contributed by atoms with Gasteiger partial charge in [-0.3, -0.25) is 4.79 Å². The Labute approximate surface area is 252 Å². The van der Waals surface area contributed by atoms with Crippen LogP contribution >= 0.6 is 0 Å². The number of nitrogens with one attached hydrogen (secondary N) is 2. The smallest absolute Gasteiger partial charge is 0.247 e. The number of benzene rings is 2. The van der Waals surface area contributed by atoms with Crippen molar-refractivity contribution in [2.45, 2.75) is 12.8 Å². The molecule has 43 heavy (non-hydrogen) atoms. The van der Waals surface area contributed by atoms with E-state index in [4.69, 9.17) is 9.47 Å². The molecule has 1 aliphatic heterocycles. The van der Waals surface area contributed by atoms with Gasteiger partial charge >= 0.3 is 0 Å². The van der Waals surface area contributed by atoms with E-state index in [1.165, 1.54) is 18.9 Å². The monoisotopic (exact) mass is 588 g/mol. The number of likely N-dealkylation sites (N-methyl/N-ethyl adjacent to an activating group) is 1. The number of aromatic nitrogens is 4. The van der Waals surface area contributed by atoms with E-state index in [1.807, 2.05) is 37.4 Å². The fourth-order valence-corrected chi connectivity index (χ4v) is 4.82. The number of nitrogens with zero attached hydrogens (tertiary/aromatic N) is 6. The van der Waals surface area contributed by atoms with Crippen molar-refractivity contribution in [1.29, 1.82) is 0 Å². The largest absolute Gasteiger partial charge is 0.497 e. The van der Waals surface area contributed by atoms with Gasteiger partial charge in [0, 0.05) is 58.1 Å². The maximum absolute atomic E-state index is 12.3. The maximum atomic E-state index is 12.3. The highest BCUT2D eigenvalue weighted by molar-refractivity contribution is 6.02. The van der Waals surface area contributed by atoms with Gasteiger partial charge in [0.15, 0.2) is 5.82 Å². The number of carbonyl (C=O) groups excluding carboxylic acids is 1. The molecule has 0 radical (unpaired) electrons. The van der Waals surface area contributed by atoms with Crippen LogP contribution in [-0.2, 0) is 9.53 Å². The van der Waals surface area contributed by atoms with Gasteiger partial charge in [-0.1, -0.05) is 6.58 Å². The van der Waals surface area contributed by atoms with Gasteiger partial charge in [0.1, 0.15) is 11.5 Å². The molecular formula is C31H40N8O4. The minimum atomic E-state index is -0.300. The van der Waals surface area contributed by atoms with E-state index < -0.39 is 0 Å². The molecule has 2 aromatic heterocycles. The van der Waals surface area contributed by atoms with E-state index in [2.05, 4.69) is 46.8 Å². The third kappa shape index (κ3) is 7.79. The van der Waals surface area contributed by atoms with E-state index in [1.54, 1.807) is 51.6 Å². The Hall–Kier alpha value is -4.68. The maximum Gasteiger partial charge on any atom is 0.247 e. The molecule has 228 valence electrons. The molecule has 0 saturated carbocycles. The van der Waals surface area contributed by atoms with Crippen molar-refractivity contribution >= 4 is 39.8 Å². The molecule has 12 heteroatoms. The van der Waals surface area contributed by atoms with Gasteiger partial charge in [0.2, 0.25) is 11.9 Å². The zero-order valence-electron chi connectivity index (χ0n) is 25.5. The molecule has 1 fully saturated rings. The molecule has 1 amide bonds. The Kier molecular flexibility index (Phi) is 10.9. The first-order valence-corrected chi connectivity index (χ1v) is 14.0. The molecule has 1 aliphatic rings. The fourth-order valence-electron chi connectivity index (χ4n) is 4.82. The molecule has 0 unspecified atom stereocenters. The average Bonchev–Trinajstić information content (AvgIpc) is 3.70. The van der Waals surface area contributed by atoms with Gasteiger partial charge in [-0.25, -0.2) is 9.67 Å². The number of fused-ring (bicyclic) bond motifs is 1. The van der Waals surface area contributed by atoms with Crippen molar-refractivity contribution in [3.05, 3.63) is 61.4 Å². The molecule has 1 saturated heterocycles. The molecule has 2 N–H and O–H groups in total. The summed E-state index contributed by atoms with van der Waals surface area (Å²) in [6.45, 7) is 7.61. The molecular weight excluding hydrogens is 548 g/mol. The van der Waals surface area contributed by atoms with Crippen LogP contribution in [0.2, 0.25) is 0 Å². The number of hydrogen-bond acceptors (Lipinski definition) is 10. The summed E-state index contributed by atoms with van der Waals surface area (Å²) in [5.41, 5.74) is 2.95. The average molecular weight is 589 g/mol. The van der Waals surface area contributed by atoms with E-state index in [0.29, 0.717) is 28.9 Å². The zero-order chi connectivity index (χ0) is 30.8. The van der Waals surface area contributed by atoms with Gasteiger partial charge < -0.3 is 34.6 Å². The zero-order valence-corrected chi connectivity index (χ0v) is 25.5. The summed E-state index contributed by atoms with van der Waals surface area (Å²) in [6, 6.07) is 11.3. The van der Waals surface area contributed by atoms with Crippen molar-refractivity contribution in [3.8, 4) is 17.3 Å². The molecule has 3 heterocycles. The molecule has 5 rings (SSSR count). The van der Waals surface area contributed by atoms with Gasteiger partial charge in [-0.2, -0.15) is 10.1 Å². The van der Waals surface area contributed by atoms with E-state index in [9.17, 15) is 4.79 Å². The third-order valence-electron chi connectivity index (χ3n) is 7.00. The van der Waals surface area contributed by atoms with Crippen molar-refractivity contribution in [1.82, 2.24) is 24.6 Å².